The maximum atomic E-state index is 10.9. The topological polar surface area (TPSA) is 99.2 Å². The first-order valence-corrected chi connectivity index (χ1v) is 5.55. The van der Waals surface area contributed by atoms with Crippen LogP contribution < -0.4 is 5.32 Å². The van der Waals surface area contributed by atoms with Crippen LogP contribution in [0.2, 0.25) is 0 Å². The minimum absolute atomic E-state index is 0.104. The molecule has 0 bridgehead atoms. The van der Waals surface area contributed by atoms with Gasteiger partial charge in [-0.3, -0.25) is 10.1 Å². The molecule has 0 unspecified atom stereocenters. The number of nitro groups is 1. The van der Waals surface area contributed by atoms with Crippen LogP contribution >= 0.6 is 0 Å². The molecule has 96 valence electrons. The molecule has 2 N–H and O–H groups in total. The number of hydrogen-bond acceptors (Lipinski definition) is 5. The standard InChI is InChI=1S/C12H15N3O3/c1-8(2)11(7-16)14-10-5-9(6-13)3-4-12(10)15(17)18/h3-5,8,11,14,16H,7H2,1-2H3/t11-/m1/s1. The molecule has 6 heteroatoms. The van der Waals surface area contributed by atoms with Crippen molar-refractivity contribution in [1.82, 2.24) is 0 Å². The van der Waals surface area contributed by atoms with Crippen LogP contribution in [0.1, 0.15) is 19.4 Å². The number of nitrogens with zero attached hydrogens (tertiary/aromatic N) is 2. The first-order chi connectivity index (χ1) is 8.49. The Morgan fingerprint density at radius 3 is 2.67 bits per heavy atom. The largest absolute Gasteiger partial charge is 0.394 e. The van der Waals surface area contributed by atoms with Crippen molar-refractivity contribution < 1.29 is 10.0 Å². The van der Waals surface area contributed by atoms with E-state index in [9.17, 15) is 15.2 Å². The van der Waals surface area contributed by atoms with E-state index in [4.69, 9.17) is 5.26 Å². The quantitative estimate of drug-likeness (QED) is 0.613. The maximum Gasteiger partial charge on any atom is 0.292 e. The number of aliphatic hydroxyl groups is 1. The zero-order chi connectivity index (χ0) is 13.7. The molecule has 0 fully saturated rings. The molecule has 0 radical (unpaired) electrons. The zero-order valence-corrected chi connectivity index (χ0v) is 10.3. The van der Waals surface area contributed by atoms with Crippen molar-refractivity contribution in [3.05, 3.63) is 33.9 Å². The second-order valence-electron chi connectivity index (χ2n) is 4.28. The maximum absolute atomic E-state index is 10.9. The lowest BCUT2D eigenvalue weighted by Crippen LogP contribution is -2.29. The van der Waals surface area contributed by atoms with Crippen LogP contribution in [0.25, 0.3) is 0 Å². The molecule has 0 aliphatic heterocycles. The summed E-state index contributed by atoms with van der Waals surface area (Å²) >= 11 is 0. The summed E-state index contributed by atoms with van der Waals surface area (Å²) < 4.78 is 0. The third-order valence-corrected chi connectivity index (χ3v) is 2.66. The van der Waals surface area contributed by atoms with Crippen molar-refractivity contribution in [2.75, 3.05) is 11.9 Å². The van der Waals surface area contributed by atoms with Gasteiger partial charge >= 0.3 is 0 Å². The second kappa shape index (κ2) is 5.98. The summed E-state index contributed by atoms with van der Waals surface area (Å²) in [6.07, 6.45) is 0. The van der Waals surface area contributed by atoms with Crippen LogP contribution in [0.4, 0.5) is 11.4 Å². The molecule has 1 aromatic rings. The van der Waals surface area contributed by atoms with Gasteiger partial charge in [-0.15, -0.1) is 0 Å². The Morgan fingerprint density at radius 1 is 1.56 bits per heavy atom. The summed E-state index contributed by atoms with van der Waals surface area (Å²) in [6.45, 7) is 3.66. The summed E-state index contributed by atoms with van der Waals surface area (Å²) in [5.41, 5.74) is 0.489. The Balaban J connectivity index is 3.12. The molecule has 0 aliphatic carbocycles. The number of aliphatic hydroxyl groups excluding tert-OH is 1. The summed E-state index contributed by atoms with van der Waals surface area (Å²) in [4.78, 5) is 10.4. The van der Waals surface area contributed by atoms with Crippen LogP contribution in [0.5, 0.6) is 0 Å². The van der Waals surface area contributed by atoms with Crippen LogP contribution in [-0.4, -0.2) is 22.7 Å². The molecule has 0 saturated carbocycles. The number of rotatable bonds is 5. The van der Waals surface area contributed by atoms with E-state index >= 15 is 0 Å². The third-order valence-electron chi connectivity index (χ3n) is 2.66. The smallest absolute Gasteiger partial charge is 0.292 e. The van der Waals surface area contributed by atoms with E-state index in [1.54, 1.807) is 0 Å². The SMILES string of the molecule is CC(C)[C@@H](CO)Nc1cc(C#N)ccc1[N+](=O)[O-]. The number of anilines is 1. The van der Waals surface area contributed by atoms with E-state index in [2.05, 4.69) is 5.32 Å². The molecular weight excluding hydrogens is 234 g/mol. The van der Waals surface area contributed by atoms with Gasteiger partial charge in [0.1, 0.15) is 5.69 Å². The fourth-order valence-electron chi connectivity index (χ4n) is 1.50. The van der Waals surface area contributed by atoms with Gasteiger partial charge in [-0.25, -0.2) is 0 Å². The van der Waals surface area contributed by atoms with Crippen molar-refractivity contribution in [1.29, 1.82) is 5.26 Å². The number of hydrogen-bond donors (Lipinski definition) is 2. The molecule has 0 spiro atoms. The van der Waals surface area contributed by atoms with Gasteiger partial charge in [0.25, 0.3) is 5.69 Å². The molecule has 0 heterocycles. The highest BCUT2D eigenvalue weighted by Crippen LogP contribution is 2.26. The van der Waals surface area contributed by atoms with Gasteiger partial charge in [0.15, 0.2) is 0 Å². The van der Waals surface area contributed by atoms with Gasteiger partial charge in [0.05, 0.1) is 29.2 Å². The lowest BCUT2D eigenvalue weighted by molar-refractivity contribution is -0.384. The minimum atomic E-state index is -0.516. The molecule has 0 aliphatic rings. The monoisotopic (exact) mass is 249 g/mol. The molecule has 0 amide bonds. The summed E-state index contributed by atoms with van der Waals surface area (Å²) in [5, 5.41) is 31.8. The fraction of sp³-hybridized carbons (Fsp3) is 0.417. The lowest BCUT2D eigenvalue weighted by Gasteiger charge is -2.21. The predicted molar refractivity (Wildman–Crippen MR) is 67.1 cm³/mol. The van der Waals surface area contributed by atoms with Crippen molar-refractivity contribution >= 4 is 11.4 Å². The molecule has 0 aromatic heterocycles. The highest BCUT2D eigenvalue weighted by Gasteiger charge is 2.19. The summed E-state index contributed by atoms with van der Waals surface area (Å²) in [7, 11) is 0. The Bertz CT molecular complexity index is 480. The van der Waals surface area contributed by atoms with Gasteiger partial charge in [-0.1, -0.05) is 13.8 Å². The van der Waals surface area contributed by atoms with Gasteiger partial charge in [-0.2, -0.15) is 5.26 Å². The van der Waals surface area contributed by atoms with Crippen LogP contribution in [0.15, 0.2) is 18.2 Å². The number of nitriles is 1. The molecule has 18 heavy (non-hydrogen) atoms. The van der Waals surface area contributed by atoms with Crippen molar-refractivity contribution in [2.45, 2.75) is 19.9 Å². The van der Waals surface area contributed by atoms with E-state index in [1.807, 2.05) is 19.9 Å². The van der Waals surface area contributed by atoms with Crippen LogP contribution in [0, 0.1) is 27.4 Å². The van der Waals surface area contributed by atoms with E-state index in [1.165, 1.54) is 18.2 Å². The lowest BCUT2D eigenvalue weighted by atomic mass is 10.0. The van der Waals surface area contributed by atoms with Gasteiger partial charge in [0.2, 0.25) is 0 Å². The van der Waals surface area contributed by atoms with E-state index < -0.39 is 4.92 Å². The van der Waals surface area contributed by atoms with E-state index in [-0.39, 0.29) is 29.9 Å². The zero-order valence-electron chi connectivity index (χ0n) is 10.3. The molecule has 0 saturated heterocycles. The highest BCUT2D eigenvalue weighted by atomic mass is 16.6. The fourth-order valence-corrected chi connectivity index (χ4v) is 1.50. The van der Waals surface area contributed by atoms with Crippen molar-refractivity contribution in [2.24, 2.45) is 5.92 Å². The van der Waals surface area contributed by atoms with Gasteiger partial charge in [0, 0.05) is 6.07 Å². The Kier molecular flexibility index (Phi) is 4.63. The van der Waals surface area contributed by atoms with Crippen LogP contribution in [-0.2, 0) is 0 Å². The molecule has 6 nitrogen and oxygen atoms in total. The predicted octanol–water partition coefficient (Wildman–Crippen LogP) is 1.90. The van der Waals surface area contributed by atoms with Crippen molar-refractivity contribution in [3.8, 4) is 6.07 Å². The Hall–Kier alpha value is -2.13. The van der Waals surface area contributed by atoms with E-state index in [0.717, 1.165) is 0 Å². The highest BCUT2D eigenvalue weighted by molar-refractivity contribution is 5.64. The third kappa shape index (κ3) is 3.18. The number of benzene rings is 1. The van der Waals surface area contributed by atoms with Gasteiger partial charge < -0.3 is 10.4 Å². The average Bonchev–Trinajstić information content (AvgIpc) is 2.34. The number of nitrogens with one attached hydrogen (secondary N) is 1. The summed E-state index contributed by atoms with van der Waals surface area (Å²) in [5.74, 6) is 0.111. The second-order valence-corrected chi connectivity index (χ2v) is 4.28. The molecule has 1 atom stereocenters. The summed E-state index contributed by atoms with van der Waals surface area (Å²) in [6, 6.07) is 5.74. The Morgan fingerprint density at radius 2 is 2.22 bits per heavy atom. The first kappa shape index (κ1) is 13.9. The van der Waals surface area contributed by atoms with E-state index in [0.29, 0.717) is 5.56 Å². The number of nitro benzene ring substituents is 1. The normalized spacial score (nSPS) is 11.9. The van der Waals surface area contributed by atoms with Gasteiger partial charge in [-0.05, 0) is 18.1 Å². The molecule has 1 aromatic carbocycles. The minimum Gasteiger partial charge on any atom is -0.394 e. The Labute approximate surface area is 105 Å². The molecular formula is C12H15N3O3. The molecule has 1 rings (SSSR count). The van der Waals surface area contributed by atoms with Crippen molar-refractivity contribution in [3.63, 3.8) is 0 Å². The van der Waals surface area contributed by atoms with Crippen LogP contribution in [0.3, 0.4) is 0 Å². The average molecular weight is 249 g/mol. The first-order valence-electron chi connectivity index (χ1n) is 5.55.